The number of carbonyl (C=O) groups excluding carboxylic acids is 6. The van der Waals surface area contributed by atoms with Crippen molar-refractivity contribution in [3.8, 4) is 0 Å². The van der Waals surface area contributed by atoms with E-state index in [0.717, 1.165) is 33.9 Å². The van der Waals surface area contributed by atoms with Crippen molar-refractivity contribution in [1.29, 1.82) is 0 Å². The zero-order valence-corrected chi connectivity index (χ0v) is 46.6. The van der Waals surface area contributed by atoms with Gasteiger partial charge in [0.05, 0.1) is 6.04 Å². The van der Waals surface area contributed by atoms with Crippen molar-refractivity contribution in [3.63, 3.8) is 0 Å². The smallest absolute Gasteiger partial charge is 0.256 e. The van der Waals surface area contributed by atoms with Crippen LogP contribution in [0.1, 0.15) is 103 Å². The van der Waals surface area contributed by atoms with Crippen LogP contribution < -0.4 is 43.6 Å². The minimum absolute atomic E-state index is 0.0108. The SMILES string of the molecule is CC(C)C[C@H](NC(=O)[C@H](Cc1ccccc1)N=[N+]=[N-])C(=O)N[C@@H](CC(C)C)C(=O)NN.CC(C)C[C@H](NC(=O)[C@H](Cc1ccccc1)N=[N+]=[N-])C(=O)N[C@@H](CC(C)C)C(=O)N[C@H](/C=C/S(C)(=O)=O)Cc1ccc(CN)cc1. The van der Waals surface area contributed by atoms with Gasteiger partial charge in [-0.3, -0.25) is 34.2 Å². The summed E-state index contributed by atoms with van der Waals surface area (Å²) in [4.78, 5) is 83.9. The number of nitrogens with one attached hydrogen (secondary N) is 6. The predicted molar refractivity (Wildman–Crippen MR) is 298 cm³/mol. The van der Waals surface area contributed by atoms with Gasteiger partial charge in [0.15, 0.2) is 9.84 Å². The Labute approximate surface area is 453 Å². The minimum atomic E-state index is -3.47. The molecule has 0 aliphatic carbocycles. The second kappa shape index (κ2) is 34.4. The highest BCUT2D eigenvalue weighted by molar-refractivity contribution is 7.93. The summed E-state index contributed by atoms with van der Waals surface area (Å²) in [7, 11) is -3.47. The highest BCUT2D eigenvalue weighted by Crippen LogP contribution is 2.15. The fourth-order valence-electron chi connectivity index (χ4n) is 7.92. The van der Waals surface area contributed by atoms with Gasteiger partial charge >= 0.3 is 0 Å². The van der Waals surface area contributed by atoms with Crippen LogP contribution in [0, 0.1) is 23.7 Å². The third-order valence-corrected chi connectivity index (χ3v) is 12.3. The number of carbonyl (C=O) groups is 6. The van der Waals surface area contributed by atoms with Crippen LogP contribution in [0.5, 0.6) is 0 Å². The van der Waals surface area contributed by atoms with Crippen molar-refractivity contribution in [2.75, 3.05) is 6.26 Å². The number of benzene rings is 3. The Morgan fingerprint density at radius 2 is 0.831 bits per heavy atom. The summed E-state index contributed by atoms with van der Waals surface area (Å²) >= 11 is 0. The topological polar surface area (TPSA) is 358 Å². The Hall–Kier alpha value is -7.29. The number of sulfone groups is 1. The number of nitrogens with zero attached hydrogens (tertiary/aromatic N) is 6. The van der Waals surface area contributed by atoms with Crippen molar-refractivity contribution in [2.24, 2.45) is 45.5 Å². The summed E-state index contributed by atoms with van der Waals surface area (Å²) in [5.41, 5.74) is 29.2. The molecule has 0 saturated heterocycles. The van der Waals surface area contributed by atoms with Gasteiger partial charge in [-0.1, -0.05) is 157 Å². The van der Waals surface area contributed by atoms with Gasteiger partial charge in [-0.15, -0.1) is 0 Å². The average molecular weight is 1090 g/mol. The molecule has 7 atom stereocenters. The van der Waals surface area contributed by atoms with Crippen LogP contribution >= 0.6 is 0 Å². The maximum absolute atomic E-state index is 13.6. The van der Waals surface area contributed by atoms with Crippen molar-refractivity contribution < 1.29 is 37.2 Å². The van der Waals surface area contributed by atoms with E-state index in [-0.39, 0.29) is 42.9 Å². The zero-order valence-electron chi connectivity index (χ0n) is 45.8. The number of azide groups is 2. The third-order valence-electron chi connectivity index (χ3n) is 11.6. The lowest BCUT2D eigenvalue weighted by Crippen LogP contribution is -2.56. The molecule has 0 saturated carbocycles. The summed E-state index contributed by atoms with van der Waals surface area (Å²) < 4.78 is 23.8. The molecule has 0 spiro atoms. The first-order valence-corrected chi connectivity index (χ1v) is 27.7. The normalized spacial score (nSPS) is 14.0. The van der Waals surface area contributed by atoms with Gasteiger partial charge < -0.3 is 32.3 Å². The van der Waals surface area contributed by atoms with Gasteiger partial charge in [0.2, 0.25) is 29.5 Å². The van der Waals surface area contributed by atoms with Gasteiger partial charge in [-0.25, -0.2) is 14.3 Å². The van der Waals surface area contributed by atoms with Gasteiger partial charge in [-0.05, 0) is 102 Å². The number of nitrogens with two attached hydrogens (primary N) is 2. The second-order valence-corrected chi connectivity index (χ2v) is 22.5. The monoisotopic (exact) mass is 1080 g/mol. The summed E-state index contributed by atoms with van der Waals surface area (Å²) in [5.74, 6) is 2.31. The molecule has 77 heavy (non-hydrogen) atoms. The van der Waals surface area contributed by atoms with Crippen molar-refractivity contribution >= 4 is 45.3 Å². The fourth-order valence-corrected chi connectivity index (χ4v) is 8.39. The molecule has 0 bridgehead atoms. The number of hydrogen-bond donors (Lipinski definition) is 8. The Kier molecular flexibility index (Phi) is 29.4. The molecule has 0 aliphatic heterocycles. The molecule has 3 aromatic rings. The summed E-state index contributed by atoms with van der Waals surface area (Å²) in [5, 5.41) is 22.1. The highest BCUT2D eigenvalue weighted by atomic mass is 32.2. The Balaban J connectivity index is 0.000000569. The van der Waals surface area contributed by atoms with Gasteiger partial charge in [0.25, 0.3) is 5.91 Å². The van der Waals surface area contributed by atoms with Gasteiger partial charge in [0.1, 0.15) is 36.3 Å². The highest BCUT2D eigenvalue weighted by Gasteiger charge is 2.32. The molecule has 0 radical (unpaired) electrons. The first-order valence-electron chi connectivity index (χ1n) is 25.7. The lowest BCUT2D eigenvalue weighted by atomic mass is 9.98. The number of hydrazine groups is 1. The summed E-state index contributed by atoms with van der Waals surface area (Å²) in [6.45, 7) is 15.7. The maximum atomic E-state index is 13.6. The van der Waals surface area contributed by atoms with Crippen molar-refractivity contribution in [2.45, 2.75) is 149 Å². The largest absolute Gasteiger partial charge is 0.348 e. The maximum Gasteiger partial charge on any atom is 0.256 e. The lowest BCUT2D eigenvalue weighted by Gasteiger charge is -2.27. The van der Waals surface area contributed by atoms with Crippen LogP contribution in [0.25, 0.3) is 20.9 Å². The van der Waals surface area contributed by atoms with E-state index in [1.807, 2.05) is 140 Å². The molecule has 3 rings (SSSR count). The lowest BCUT2D eigenvalue weighted by molar-refractivity contribution is -0.133. The van der Waals surface area contributed by atoms with Crippen molar-refractivity contribution in [3.05, 3.63) is 140 Å². The molecule has 0 fully saturated rings. The Morgan fingerprint density at radius 1 is 0.506 bits per heavy atom. The first-order chi connectivity index (χ1) is 36.4. The third kappa shape index (κ3) is 26.9. The van der Waals surface area contributed by atoms with Gasteiger partial charge in [-0.2, -0.15) is 0 Å². The van der Waals surface area contributed by atoms with E-state index < -0.39 is 87.6 Å². The predicted octanol–water partition coefficient (Wildman–Crippen LogP) is 5.67. The van der Waals surface area contributed by atoms with Crippen LogP contribution in [-0.2, 0) is 64.4 Å². The molecular weight excluding hydrogens is 1000 g/mol. The van der Waals surface area contributed by atoms with E-state index >= 15 is 0 Å². The number of hydrogen-bond acceptors (Lipinski definition) is 12. The standard InChI is InChI=1S/C33H47N7O5S.C21H33N7O3/c1-22(2)17-28(31(41)36-27(15-16-46(5,44)45)19-25-11-13-26(21-34)14-12-25)37-32(42)29(18-23(3)4)38-33(43)30(39-40-35)20-24-9-7-6-8-10-24;1-13(2)10-16(19(29)25-17(11-14(3)4)21(31)26-22)24-20(30)18(27-28-23)12-15-8-6-5-7-9-15/h6-16,22-23,27-30H,17-21,34H2,1-5H3,(H,36,41)(H,37,42)(H,38,43);5-9,13-14,16-18H,10-12,22H2,1-4H3,(H,24,30)(H,25,29)(H,26,31)/b16-15+;/t27-,28+,29+,30+;16-,17-,18-/m10/s1. The molecule has 6 amide bonds. The van der Waals surface area contributed by atoms with E-state index in [1.165, 1.54) is 6.08 Å². The number of rotatable bonds is 30. The van der Waals surface area contributed by atoms with Crippen LogP contribution in [0.2, 0.25) is 0 Å². The van der Waals surface area contributed by atoms with Crippen LogP contribution in [0.4, 0.5) is 0 Å². The molecule has 23 heteroatoms. The Morgan fingerprint density at radius 3 is 1.16 bits per heavy atom. The zero-order chi connectivity index (χ0) is 57.7. The summed E-state index contributed by atoms with van der Waals surface area (Å²) in [6.07, 6.45) is 4.47. The van der Waals surface area contributed by atoms with E-state index in [2.05, 4.69) is 52.1 Å². The molecule has 10 N–H and O–H groups in total. The van der Waals surface area contributed by atoms with Gasteiger partial charge in [0, 0.05) is 28.0 Å². The average Bonchev–Trinajstić information content (AvgIpc) is 3.36. The van der Waals surface area contributed by atoms with Crippen LogP contribution in [0.15, 0.2) is 107 Å². The molecule has 3 aromatic carbocycles. The molecule has 0 heterocycles. The molecule has 0 unspecified atom stereocenters. The van der Waals surface area contributed by atoms with Crippen LogP contribution in [-0.4, -0.2) is 92.4 Å². The van der Waals surface area contributed by atoms with E-state index in [1.54, 1.807) is 0 Å². The van der Waals surface area contributed by atoms with E-state index in [0.29, 0.717) is 32.2 Å². The van der Waals surface area contributed by atoms with E-state index in [9.17, 15) is 37.2 Å². The molecule has 420 valence electrons. The van der Waals surface area contributed by atoms with E-state index in [4.69, 9.17) is 22.6 Å². The fraction of sp³-hybridized carbons (Fsp3) is 0.519. The molecular formula is C54H80N14O8S. The molecule has 0 aromatic heterocycles. The summed E-state index contributed by atoms with van der Waals surface area (Å²) in [6, 6.07) is 19.3. The molecule has 0 aliphatic rings. The first kappa shape index (κ1) is 65.8. The van der Waals surface area contributed by atoms with Crippen molar-refractivity contribution in [1.82, 2.24) is 32.0 Å². The quantitative estimate of drug-likeness (QED) is 0.0101. The minimum Gasteiger partial charge on any atom is -0.348 e. The Bertz CT molecular complexity index is 2590. The molecule has 22 nitrogen and oxygen atoms in total. The van der Waals surface area contributed by atoms with Crippen LogP contribution in [0.3, 0.4) is 0 Å². The second-order valence-electron chi connectivity index (χ2n) is 20.6. The number of amides is 6.